The van der Waals surface area contributed by atoms with E-state index >= 15 is 0 Å². The van der Waals surface area contributed by atoms with E-state index in [1.807, 2.05) is 30.3 Å². The zero-order chi connectivity index (χ0) is 19.4. The van der Waals surface area contributed by atoms with Gasteiger partial charge in [0.25, 0.3) is 0 Å². The number of benzene rings is 2. The van der Waals surface area contributed by atoms with Crippen molar-refractivity contribution < 1.29 is 13.2 Å². The molecule has 8 heteroatoms. The second-order valence-corrected chi connectivity index (χ2v) is 8.71. The Balaban J connectivity index is 1.66. The minimum atomic E-state index is -3.81. The minimum Gasteiger partial charge on any atom is -0.337 e. The van der Waals surface area contributed by atoms with Gasteiger partial charge in [-0.15, -0.1) is 0 Å². The highest BCUT2D eigenvalue weighted by Crippen LogP contribution is 2.31. The third-order valence-electron chi connectivity index (χ3n) is 4.29. The minimum absolute atomic E-state index is 0.0860. The molecule has 1 saturated heterocycles. The SMILES string of the molecule is O=C(/C=C/c1ccccc1)N1CCN(S(=O)(=O)c2c(Cl)cccc2Cl)CC1. The van der Waals surface area contributed by atoms with Crippen LogP contribution >= 0.6 is 23.2 Å². The fourth-order valence-electron chi connectivity index (χ4n) is 2.84. The van der Waals surface area contributed by atoms with Gasteiger partial charge in [-0.3, -0.25) is 4.79 Å². The molecule has 3 rings (SSSR count). The molecule has 1 amide bonds. The van der Waals surface area contributed by atoms with Crippen LogP contribution in [0.2, 0.25) is 10.0 Å². The molecule has 27 heavy (non-hydrogen) atoms. The van der Waals surface area contributed by atoms with Crippen molar-refractivity contribution in [2.75, 3.05) is 26.2 Å². The van der Waals surface area contributed by atoms with Crippen LogP contribution in [0.5, 0.6) is 0 Å². The van der Waals surface area contributed by atoms with Crippen molar-refractivity contribution in [3.63, 3.8) is 0 Å². The Kier molecular flexibility index (Phi) is 6.22. The molecule has 2 aromatic carbocycles. The highest BCUT2D eigenvalue weighted by atomic mass is 35.5. The quantitative estimate of drug-likeness (QED) is 0.705. The second kappa shape index (κ2) is 8.44. The van der Waals surface area contributed by atoms with Crippen LogP contribution in [0, 0.1) is 0 Å². The van der Waals surface area contributed by atoms with Gasteiger partial charge in [0, 0.05) is 32.3 Å². The van der Waals surface area contributed by atoms with E-state index in [1.165, 1.54) is 22.5 Å². The molecule has 2 aromatic rings. The van der Waals surface area contributed by atoms with E-state index in [1.54, 1.807) is 17.0 Å². The molecule has 0 atom stereocenters. The Hall–Kier alpha value is -1.86. The molecule has 142 valence electrons. The first kappa shape index (κ1) is 19.9. The van der Waals surface area contributed by atoms with Crippen LogP contribution < -0.4 is 0 Å². The van der Waals surface area contributed by atoms with Gasteiger partial charge in [0.1, 0.15) is 4.90 Å². The van der Waals surface area contributed by atoms with Gasteiger partial charge in [0.15, 0.2) is 0 Å². The molecule has 0 saturated carbocycles. The summed E-state index contributed by atoms with van der Waals surface area (Å²) in [6.07, 6.45) is 3.25. The number of sulfonamides is 1. The molecule has 1 aliphatic heterocycles. The van der Waals surface area contributed by atoms with Crippen LogP contribution in [0.3, 0.4) is 0 Å². The van der Waals surface area contributed by atoms with Gasteiger partial charge in [-0.2, -0.15) is 4.31 Å². The summed E-state index contributed by atoms with van der Waals surface area (Å²) in [7, 11) is -3.81. The first-order valence-electron chi connectivity index (χ1n) is 8.36. The van der Waals surface area contributed by atoms with Crippen molar-refractivity contribution in [2.24, 2.45) is 0 Å². The van der Waals surface area contributed by atoms with E-state index in [2.05, 4.69) is 0 Å². The monoisotopic (exact) mass is 424 g/mol. The number of halogens is 2. The number of hydrogen-bond donors (Lipinski definition) is 0. The third-order valence-corrected chi connectivity index (χ3v) is 7.14. The Bertz CT molecular complexity index is 934. The normalized spacial score (nSPS) is 16.0. The van der Waals surface area contributed by atoms with E-state index in [0.29, 0.717) is 13.1 Å². The highest BCUT2D eigenvalue weighted by Gasteiger charge is 2.32. The molecule has 0 aromatic heterocycles. The molecule has 0 unspecified atom stereocenters. The Morgan fingerprint density at radius 2 is 1.48 bits per heavy atom. The van der Waals surface area contributed by atoms with Crippen molar-refractivity contribution in [2.45, 2.75) is 4.90 Å². The third kappa shape index (κ3) is 4.52. The lowest BCUT2D eigenvalue weighted by Crippen LogP contribution is -2.50. The molecule has 1 aliphatic rings. The maximum absolute atomic E-state index is 12.9. The van der Waals surface area contributed by atoms with E-state index < -0.39 is 10.0 Å². The first-order chi connectivity index (χ1) is 12.9. The topological polar surface area (TPSA) is 57.7 Å². The van der Waals surface area contributed by atoms with Crippen molar-refractivity contribution in [1.29, 1.82) is 0 Å². The molecular formula is C19H18Cl2N2O3S. The maximum atomic E-state index is 12.9. The van der Waals surface area contributed by atoms with Crippen LogP contribution in [0.25, 0.3) is 6.08 Å². The van der Waals surface area contributed by atoms with E-state index in [4.69, 9.17) is 23.2 Å². The summed E-state index contributed by atoms with van der Waals surface area (Å²) in [6.45, 7) is 0.988. The molecule has 0 bridgehead atoms. The molecule has 1 fully saturated rings. The molecule has 0 spiro atoms. The Morgan fingerprint density at radius 1 is 0.889 bits per heavy atom. The van der Waals surface area contributed by atoms with E-state index in [9.17, 15) is 13.2 Å². The summed E-state index contributed by atoms with van der Waals surface area (Å²) in [4.78, 5) is 13.9. The van der Waals surface area contributed by atoms with Crippen LogP contribution in [0.1, 0.15) is 5.56 Å². The number of piperazine rings is 1. The standard InChI is InChI=1S/C19H18Cl2N2O3S/c20-16-7-4-8-17(21)19(16)27(25,26)23-13-11-22(12-14-23)18(24)10-9-15-5-2-1-3-6-15/h1-10H,11-14H2/b10-9+. The van der Waals surface area contributed by atoms with E-state index in [0.717, 1.165) is 5.56 Å². The van der Waals surface area contributed by atoms with Gasteiger partial charge in [-0.25, -0.2) is 8.42 Å². The van der Waals surface area contributed by atoms with Crippen molar-refractivity contribution in [1.82, 2.24) is 9.21 Å². The summed E-state index contributed by atoms with van der Waals surface area (Å²) in [6, 6.07) is 14.1. The van der Waals surface area contributed by atoms with Crippen molar-refractivity contribution in [3.05, 3.63) is 70.2 Å². The fourth-order valence-corrected chi connectivity index (χ4v) is 5.36. The number of hydrogen-bond acceptors (Lipinski definition) is 3. The lowest BCUT2D eigenvalue weighted by Gasteiger charge is -2.33. The average Bonchev–Trinajstić information content (AvgIpc) is 2.67. The van der Waals surface area contributed by atoms with Gasteiger partial charge in [0.05, 0.1) is 10.0 Å². The number of carbonyl (C=O) groups is 1. The summed E-state index contributed by atoms with van der Waals surface area (Å²) in [5.74, 6) is -0.147. The summed E-state index contributed by atoms with van der Waals surface area (Å²) in [5, 5.41) is 0.179. The Morgan fingerprint density at radius 3 is 2.07 bits per heavy atom. The fraction of sp³-hybridized carbons (Fsp3) is 0.211. The van der Waals surface area contributed by atoms with Gasteiger partial charge in [0.2, 0.25) is 15.9 Å². The largest absolute Gasteiger partial charge is 0.337 e. The molecule has 5 nitrogen and oxygen atoms in total. The summed E-state index contributed by atoms with van der Waals surface area (Å²) >= 11 is 12.1. The summed E-state index contributed by atoms with van der Waals surface area (Å²) in [5.41, 5.74) is 0.931. The van der Waals surface area contributed by atoms with Crippen LogP contribution in [0.4, 0.5) is 0 Å². The van der Waals surface area contributed by atoms with Gasteiger partial charge in [-0.1, -0.05) is 59.6 Å². The smallest absolute Gasteiger partial charge is 0.246 e. The van der Waals surface area contributed by atoms with Gasteiger partial charge in [-0.05, 0) is 23.8 Å². The maximum Gasteiger partial charge on any atom is 0.246 e. The molecule has 1 heterocycles. The number of nitrogens with zero attached hydrogens (tertiary/aromatic N) is 2. The van der Waals surface area contributed by atoms with Gasteiger partial charge < -0.3 is 4.90 Å². The lowest BCUT2D eigenvalue weighted by atomic mass is 10.2. The summed E-state index contributed by atoms with van der Waals surface area (Å²) < 4.78 is 27.0. The molecular weight excluding hydrogens is 407 g/mol. The zero-order valence-corrected chi connectivity index (χ0v) is 16.7. The van der Waals surface area contributed by atoms with Crippen LogP contribution in [-0.2, 0) is 14.8 Å². The first-order valence-corrected chi connectivity index (χ1v) is 10.6. The number of carbonyl (C=O) groups excluding carboxylic acids is 1. The van der Waals surface area contributed by atoms with Crippen LogP contribution in [-0.4, -0.2) is 49.7 Å². The predicted octanol–water partition coefficient (Wildman–Crippen LogP) is 3.54. The molecule has 0 aliphatic carbocycles. The van der Waals surface area contributed by atoms with Crippen molar-refractivity contribution in [3.8, 4) is 0 Å². The predicted molar refractivity (Wildman–Crippen MR) is 107 cm³/mol. The molecule has 0 N–H and O–H groups in total. The second-order valence-electron chi connectivity index (χ2n) is 6.02. The average molecular weight is 425 g/mol. The van der Waals surface area contributed by atoms with Gasteiger partial charge >= 0.3 is 0 Å². The number of amides is 1. The zero-order valence-electron chi connectivity index (χ0n) is 14.4. The van der Waals surface area contributed by atoms with Crippen molar-refractivity contribution >= 4 is 45.2 Å². The molecule has 0 radical (unpaired) electrons. The highest BCUT2D eigenvalue weighted by molar-refractivity contribution is 7.89. The van der Waals surface area contributed by atoms with E-state index in [-0.39, 0.29) is 33.9 Å². The lowest BCUT2D eigenvalue weighted by molar-refractivity contribution is -0.127. The number of rotatable bonds is 4. The Labute approximate surface area is 168 Å². The van der Waals surface area contributed by atoms with Crippen LogP contribution in [0.15, 0.2) is 59.5 Å².